The average molecular weight is 454 g/mol. The number of nitrogens with two attached hydrogens (primary N) is 1. The van der Waals surface area contributed by atoms with Gasteiger partial charge < -0.3 is 25.3 Å². The van der Waals surface area contributed by atoms with Gasteiger partial charge in [-0.1, -0.05) is 0 Å². The second kappa shape index (κ2) is 7.92. The van der Waals surface area contributed by atoms with Gasteiger partial charge >= 0.3 is 0 Å². The van der Waals surface area contributed by atoms with E-state index in [1.807, 2.05) is 59.8 Å². The molecule has 0 aliphatic carbocycles. The summed E-state index contributed by atoms with van der Waals surface area (Å²) in [5.74, 6) is 2.77. The maximum absolute atomic E-state index is 6.13. The lowest BCUT2D eigenvalue weighted by atomic mass is 10.1. The molecule has 5 aromatic rings. The molecular formula is C24H23N9O. The fraction of sp³-hybridized carbons (Fsp3) is 0.208. The normalized spacial score (nSPS) is 13.9. The molecule has 10 nitrogen and oxygen atoms in total. The monoisotopic (exact) mass is 453 g/mol. The quantitative estimate of drug-likeness (QED) is 0.413. The van der Waals surface area contributed by atoms with Crippen LogP contribution in [0.2, 0.25) is 0 Å². The molecule has 0 radical (unpaired) electrons. The summed E-state index contributed by atoms with van der Waals surface area (Å²) in [5.41, 5.74) is 11.0. The summed E-state index contributed by atoms with van der Waals surface area (Å²) in [6.07, 6.45) is 5.02. The van der Waals surface area contributed by atoms with Crippen LogP contribution in [0.4, 0.5) is 17.5 Å². The molecule has 1 fully saturated rings. The zero-order chi connectivity index (χ0) is 23.2. The Morgan fingerprint density at radius 1 is 1.03 bits per heavy atom. The molecule has 0 amide bonds. The molecule has 0 atom stereocenters. The molecule has 1 saturated heterocycles. The SMILES string of the molecule is Cc1cc(Nc2ncnc3cnc(N4CC(N)C4)nc23)ccc1Oc1ccc2c(c1)ncn2C. The lowest BCUT2D eigenvalue weighted by Crippen LogP contribution is -2.56. The highest BCUT2D eigenvalue weighted by atomic mass is 16.5. The molecular weight excluding hydrogens is 430 g/mol. The van der Waals surface area contributed by atoms with E-state index in [0.29, 0.717) is 22.8 Å². The van der Waals surface area contributed by atoms with Gasteiger partial charge in [-0.25, -0.2) is 24.9 Å². The number of aryl methyl sites for hydroxylation is 2. The maximum atomic E-state index is 6.13. The topological polar surface area (TPSA) is 120 Å². The molecule has 0 spiro atoms. The van der Waals surface area contributed by atoms with Crippen LogP contribution in [0.3, 0.4) is 0 Å². The summed E-state index contributed by atoms with van der Waals surface area (Å²) in [6, 6.07) is 12.0. The third kappa shape index (κ3) is 3.63. The van der Waals surface area contributed by atoms with Gasteiger partial charge in [0.2, 0.25) is 5.95 Å². The molecule has 10 heteroatoms. The number of rotatable bonds is 5. The number of fused-ring (bicyclic) bond motifs is 2. The largest absolute Gasteiger partial charge is 0.457 e. The Hall–Kier alpha value is -4.31. The molecule has 0 saturated carbocycles. The van der Waals surface area contributed by atoms with E-state index in [-0.39, 0.29) is 6.04 Å². The Morgan fingerprint density at radius 3 is 2.74 bits per heavy atom. The van der Waals surface area contributed by atoms with E-state index in [2.05, 4.69) is 30.2 Å². The molecule has 170 valence electrons. The van der Waals surface area contributed by atoms with Gasteiger partial charge in [0.15, 0.2) is 5.82 Å². The molecule has 2 aromatic carbocycles. The van der Waals surface area contributed by atoms with Gasteiger partial charge in [0.05, 0.1) is 23.6 Å². The Bertz CT molecular complexity index is 1520. The van der Waals surface area contributed by atoms with E-state index >= 15 is 0 Å². The molecule has 1 aliphatic rings. The van der Waals surface area contributed by atoms with Crippen molar-refractivity contribution in [2.75, 3.05) is 23.3 Å². The molecule has 34 heavy (non-hydrogen) atoms. The molecule has 6 rings (SSSR count). The number of nitrogens with one attached hydrogen (secondary N) is 1. The third-order valence-corrected chi connectivity index (χ3v) is 5.92. The van der Waals surface area contributed by atoms with Crippen molar-refractivity contribution >= 4 is 39.5 Å². The number of hydrogen-bond acceptors (Lipinski definition) is 9. The highest BCUT2D eigenvalue weighted by molar-refractivity contribution is 5.87. The lowest BCUT2D eigenvalue weighted by Gasteiger charge is -2.36. The van der Waals surface area contributed by atoms with Crippen LogP contribution in [0.1, 0.15) is 5.56 Å². The zero-order valence-electron chi connectivity index (χ0n) is 18.8. The predicted molar refractivity (Wildman–Crippen MR) is 131 cm³/mol. The van der Waals surface area contributed by atoms with Crippen molar-refractivity contribution in [2.24, 2.45) is 12.8 Å². The highest BCUT2D eigenvalue weighted by Crippen LogP contribution is 2.31. The minimum absolute atomic E-state index is 0.165. The Labute approximate surface area is 195 Å². The van der Waals surface area contributed by atoms with Crippen LogP contribution < -0.4 is 20.7 Å². The number of aromatic nitrogens is 6. The molecule has 0 bridgehead atoms. The van der Waals surface area contributed by atoms with Gasteiger partial charge in [0.25, 0.3) is 0 Å². The van der Waals surface area contributed by atoms with E-state index < -0.39 is 0 Å². The van der Waals surface area contributed by atoms with E-state index in [1.165, 1.54) is 6.33 Å². The minimum atomic E-state index is 0.165. The first-order valence-electron chi connectivity index (χ1n) is 11.0. The van der Waals surface area contributed by atoms with Crippen LogP contribution in [0.25, 0.3) is 22.1 Å². The van der Waals surface area contributed by atoms with Crippen LogP contribution in [-0.2, 0) is 7.05 Å². The first-order valence-corrected chi connectivity index (χ1v) is 11.0. The van der Waals surface area contributed by atoms with Crippen molar-refractivity contribution in [3.63, 3.8) is 0 Å². The maximum Gasteiger partial charge on any atom is 0.226 e. The van der Waals surface area contributed by atoms with Crippen LogP contribution in [-0.4, -0.2) is 48.6 Å². The number of imidazole rings is 1. The first-order chi connectivity index (χ1) is 16.5. The summed E-state index contributed by atoms with van der Waals surface area (Å²) < 4.78 is 8.11. The standard InChI is InChI=1S/C24H23N9O/c1-14-7-16(3-6-21(14)34-17-4-5-20-18(8-17)29-13-32(20)2)30-23-22-19(27-12-28-23)9-26-24(31-22)33-10-15(25)11-33/h3-9,12-13,15H,10-11,25H2,1-2H3,(H,27,28,30). The van der Waals surface area contributed by atoms with E-state index in [0.717, 1.165) is 46.9 Å². The third-order valence-electron chi connectivity index (χ3n) is 5.92. The van der Waals surface area contributed by atoms with Crippen molar-refractivity contribution in [3.05, 3.63) is 60.8 Å². The lowest BCUT2D eigenvalue weighted by molar-refractivity contribution is 0.479. The van der Waals surface area contributed by atoms with Gasteiger partial charge in [-0.3, -0.25) is 0 Å². The Kier molecular flexibility index (Phi) is 4.73. The summed E-state index contributed by atoms with van der Waals surface area (Å²) in [5, 5.41) is 3.36. The van der Waals surface area contributed by atoms with Crippen molar-refractivity contribution in [1.29, 1.82) is 0 Å². The van der Waals surface area contributed by atoms with Gasteiger partial charge in [0.1, 0.15) is 28.9 Å². The van der Waals surface area contributed by atoms with E-state index in [9.17, 15) is 0 Å². The van der Waals surface area contributed by atoms with E-state index in [4.69, 9.17) is 10.5 Å². The van der Waals surface area contributed by atoms with E-state index in [1.54, 1.807) is 12.5 Å². The summed E-state index contributed by atoms with van der Waals surface area (Å²) >= 11 is 0. The Balaban J connectivity index is 1.25. The fourth-order valence-electron chi connectivity index (χ4n) is 4.05. The molecule has 3 aromatic heterocycles. The van der Waals surface area contributed by atoms with Gasteiger partial charge in [-0.15, -0.1) is 0 Å². The van der Waals surface area contributed by atoms with Crippen molar-refractivity contribution in [2.45, 2.75) is 13.0 Å². The molecule has 4 heterocycles. The second-order valence-corrected chi connectivity index (χ2v) is 8.50. The van der Waals surface area contributed by atoms with Crippen LogP contribution in [0.5, 0.6) is 11.5 Å². The number of hydrogen-bond donors (Lipinski definition) is 2. The van der Waals surface area contributed by atoms with Gasteiger partial charge in [0, 0.05) is 37.9 Å². The molecule has 0 unspecified atom stereocenters. The van der Waals surface area contributed by atoms with Crippen LogP contribution >= 0.6 is 0 Å². The number of ether oxygens (including phenoxy) is 1. The number of anilines is 3. The second-order valence-electron chi connectivity index (χ2n) is 8.50. The minimum Gasteiger partial charge on any atom is -0.457 e. The van der Waals surface area contributed by atoms with Crippen molar-refractivity contribution in [1.82, 2.24) is 29.5 Å². The number of benzene rings is 2. The highest BCUT2D eigenvalue weighted by Gasteiger charge is 2.25. The van der Waals surface area contributed by atoms with Gasteiger partial charge in [-0.2, -0.15) is 0 Å². The molecule has 1 aliphatic heterocycles. The smallest absolute Gasteiger partial charge is 0.226 e. The summed E-state index contributed by atoms with van der Waals surface area (Å²) in [4.78, 5) is 24.3. The van der Waals surface area contributed by atoms with Crippen molar-refractivity contribution < 1.29 is 4.74 Å². The number of nitrogens with zero attached hydrogens (tertiary/aromatic N) is 7. The van der Waals surface area contributed by atoms with Crippen LogP contribution in [0, 0.1) is 6.92 Å². The fourth-order valence-corrected chi connectivity index (χ4v) is 4.05. The zero-order valence-corrected chi connectivity index (χ0v) is 18.8. The first kappa shape index (κ1) is 20.3. The Morgan fingerprint density at radius 2 is 1.91 bits per heavy atom. The molecule has 3 N–H and O–H groups in total. The predicted octanol–water partition coefficient (Wildman–Crippen LogP) is 3.30. The summed E-state index contributed by atoms with van der Waals surface area (Å²) in [6.45, 7) is 3.50. The summed E-state index contributed by atoms with van der Waals surface area (Å²) in [7, 11) is 1.97. The van der Waals surface area contributed by atoms with Crippen molar-refractivity contribution in [3.8, 4) is 11.5 Å². The van der Waals surface area contributed by atoms with Gasteiger partial charge in [-0.05, 0) is 42.8 Å². The van der Waals surface area contributed by atoms with Crippen LogP contribution in [0.15, 0.2) is 55.2 Å². The average Bonchev–Trinajstić information content (AvgIpc) is 3.19.